The first-order chi connectivity index (χ1) is 10.0. The van der Waals surface area contributed by atoms with Crippen molar-refractivity contribution in [3.8, 4) is 5.75 Å². The van der Waals surface area contributed by atoms with Crippen molar-refractivity contribution in [3.05, 3.63) is 63.4 Å². The number of benzene rings is 2. The number of hydrogen-bond donors (Lipinski definition) is 1. The first kappa shape index (κ1) is 15.5. The van der Waals surface area contributed by atoms with Crippen molar-refractivity contribution in [2.45, 2.75) is 13.5 Å². The molecule has 0 atom stereocenters. The smallest absolute Gasteiger partial charge is 0.251 e. The van der Waals surface area contributed by atoms with Gasteiger partial charge in [0.25, 0.3) is 5.91 Å². The highest BCUT2D eigenvalue weighted by molar-refractivity contribution is 9.10. The highest BCUT2D eigenvalue weighted by Gasteiger charge is 2.09. The summed E-state index contributed by atoms with van der Waals surface area (Å²) in [5.41, 5.74) is 1.82. The molecule has 0 aliphatic heterocycles. The number of nitrogens with one attached hydrogen (secondary N) is 1. The van der Waals surface area contributed by atoms with E-state index in [1.165, 1.54) is 6.07 Å². The van der Waals surface area contributed by atoms with Crippen molar-refractivity contribution < 1.29 is 13.9 Å². The van der Waals surface area contributed by atoms with E-state index in [1.54, 1.807) is 44.4 Å². The quantitative estimate of drug-likeness (QED) is 0.908. The summed E-state index contributed by atoms with van der Waals surface area (Å²) in [6.07, 6.45) is 0. The van der Waals surface area contributed by atoms with Crippen molar-refractivity contribution in [1.29, 1.82) is 0 Å². The summed E-state index contributed by atoms with van der Waals surface area (Å²) in [6.45, 7) is 1.98. The second kappa shape index (κ2) is 6.72. The van der Waals surface area contributed by atoms with Crippen LogP contribution in [0.5, 0.6) is 5.75 Å². The Bertz CT molecular complexity index is 673. The summed E-state index contributed by atoms with van der Waals surface area (Å²) in [5.74, 6) is 0.167. The van der Waals surface area contributed by atoms with Crippen LogP contribution in [0.15, 0.2) is 40.9 Å². The molecule has 1 amide bonds. The lowest BCUT2D eigenvalue weighted by atomic mass is 10.1. The molecule has 2 rings (SSSR count). The maximum atomic E-state index is 13.4. The van der Waals surface area contributed by atoms with E-state index in [4.69, 9.17) is 4.74 Å². The largest absolute Gasteiger partial charge is 0.496 e. The van der Waals surface area contributed by atoms with E-state index in [0.29, 0.717) is 21.3 Å². The molecule has 5 heteroatoms. The summed E-state index contributed by atoms with van der Waals surface area (Å²) in [7, 11) is 1.56. The number of carbonyl (C=O) groups excluding carboxylic acids is 1. The number of ether oxygens (including phenoxy) is 1. The van der Waals surface area contributed by atoms with Gasteiger partial charge in [0.15, 0.2) is 0 Å². The molecule has 0 unspecified atom stereocenters. The van der Waals surface area contributed by atoms with E-state index in [9.17, 15) is 9.18 Å². The molecule has 0 bridgehead atoms. The summed E-state index contributed by atoms with van der Waals surface area (Å²) >= 11 is 3.33. The Labute approximate surface area is 131 Å². The van der Waals surface area contributed by atoms with Crippen molar-refractivity contribution in [2.24, 2.45) is 0 Å². The fraction of sp³-hybridized carbons (Fsp3) is 0.188. The number of hydrogen-bond acceptors (Lipinski definition) is 2. The van der Waals surface area contributed by atoms with Crippen LogP contribution >= 0.6 is 15.9 Å². The Morgan fingerprint density at radius 2 is 2.05 bits per heavy atom. The maximum absolute atomic E-state index is 13.4. The van der Waals surface area contributed by atoms with Crippen LogP contribution in [0.1, 0.15) is 21.5 Å². The van der Waals surface area contributed by atoms with Crippen LogP contribution in [0.25, 0.3) is 0 Å². The fourth-order valence-electron chi connectivity index (χ4n) is 1.84. The molecular weight excluding hydrogens is 337 g/mol. The third-order valence-electron chi connectivity index (χ3n) is 3.10. The lowest BCUT2D eigenvalue weighted by Gasteiger charge is -2.08. The van der Waals surface area contributed by atoms with Crippen LogP contribution in [0.2, 0.25) is 0 Å². The fourth-order valence-corrected chi connectivity index (χ4v) is 2.38. The summed E-state index contributed by atoms with van der Waals surface area (Å²) in [5, 5.41) is 2.76. The van der Waals surface area contributed by atoms with Gasteiger partial charge < -0.3 is 10.1 Å². The van der Waals surface area contributed by atoms with E-state index in [1.807, 2.05) is 0 Å². The highest BCUT2D eigenvalue weighted by Crippen LogP contribution is 2.25. The molecule has 0 saturated carbocycles. The second-order valence-electron chi connectivity index (χ2n) is 4.62. The van der Waals surface area contributed by atoms with Gasteiger partial charge in [0, 0.05) is 12.1 Å². The van der Waals surface area contributed by atoms with Gasteiger partial charge in [-0.2, -0.15) is 0 Å². The van der Waals surface area contributed by atoms with Gasteiger partial charge in [0.05, 0.1) is 11.6 Å². The van der Waals surface area contributed by atoms with Crippen molar-refractivity contribution in [1.82, 2.24) is 5.32 Å². The Hall–Kier alpha value is -1.88. The topological polar surface area (TPSA) is 38.3 Å². The number of carbonyl (C=O) groups is 1. The van der Waals surface area contributed by atoms with Gasteiger partial charge in [-0.3, -0.25) is 4.79 Å². The predicted molar refractivity (Wildman–Crippen MR) is 83.0 cm³/mol. The van der Waals surface area contributed by atoms with Crippen LogP contribution < -0.4 is 10.1 Å². The van der Waals surface area contributed by atoms with E-state index >= 15 is 0 Å². The molecule has 0 heterocycles. The Morgan fingerprint density at radius 3 is 2.67 bits per heavy atom. The molecule has 0 aliphatic rings. The van der Waals surface area contributed by atoms with Crippen molar-refractivity contribution in [2.75, 3.05) is 7.11 Å². The molecule has 1 N–H and O–H groups in total. The van der Waals surface area contributed by atoms with Crippen LogP contribution in [0.3, 0.4) is 0 Å². The molecule has 0 aromatic heterocycles. The Kier molecular flexibility index (Phi) is 4.96. The van der Waals surface area contributed by atoms with Gasteiger partial charge >= 0.3 is 0 Å². The minimum Gasteiger partial charge on any atom is -0.496 e. The molecular formula is C16H15BrFNO2. The number of methoxy groups -OCH3 is 1. The van der Waals surface area contributed by atoms with Crippen LogP contribution in [0.4, 0.5) is 4.39 Å². The second-order valence-corrected chi connectivity index (χ2v) is 5.47. The number of rotatable bonds is 4. The lowest BCUT2D eigenvalue weighted by Crippen LogP contribution is -2.22. The monoisotopic (exact) mass is 351 g/mol. The van der Waals surface area contributed by atoms with Crippen LogP contribution in [-0.4, -0.2) is 13.0 Å². The molecule has 0 aliphatic carbocycles. The molecule has 0 spiro atoms. The zero-order valence-corrected chi connectivity index (χ0v) is 13.3. The van der Waals surface area contributed by atoms with Gasteiger partial charge in [0.2, 0.25) is 0 Å². The van der Waals surface area contributed by atoms with E-state index < -0.39 is 0 Å². The third-order valence-corrected chi connectivity index (χ3v) is 3.72. The molecule has 2 aromatic carbocycles. The van der Waals surface area contributed by atoms with Gasteiger partial charge in [-0.1, -0.05) is 12.1 Å². The zero-order valence-electron chi connectivity index (χ0n) is 11.7. The van der Waals surface area contributed by atoms with Crippen molar-refractivity contribution >= 4 is 21.8 Å². The molecule has 0 saturated heterocycles. The molecule has 0 fully saturated rings. The first-order valence-corrected chi connectivity index (χ1v) is 7.17. The summed E-state index contributed by atoms with van der Waals surface area (Å²) in [4.78, 5) is 12.1. The highest BCUT2D eigenvalue weighted by atomic mass is 79.9. The molecule has 2 aromatic rings. The summed E-state index contributed by atoms with van der Waals surface area (Å²) < 4.78 is 19.3. The van der Waals surface area contributed by atoms with Gasteiger partial charge in [0.1, 0.15) is 11.6 Å². The maximum Gasteiger partial charge on any atom is 0.251 e. The number of halogens is 2. The van der Waals surface area contributed by atoms with E-state index in [-0.39, 0.29) is 18.3 Å². The standard InChI is InChI=1S/C16H15BrFNO2/c1-10-3-4-11(7-14(10)18)9-19-16(20)12-5-6-15(21-2)13(17)8-12/h3-8H,9H2,1-2H3,(H,19,20). The van der Waals surface area contributed by atoms with E-state index in [0.717, 1.165) is 5.56 Å². The average molecular weight is 352 g/mol. The minimum absolute atomic E-state index is 0.223. The van der Waals surface area contributed by atoms with Gasteiger partial charge in [-0.05, 0) is 58.2 Å². The Morgan fingerprint density at radius 1 is 1.29 bits per heavy atom. The predicted octanol–water partition coefficient (Wildman–Crippen LogP) is 3.84. The summed E-state index contributed by atoms with van der Waals surface area (Å²) in [6, 6.07) is 9.99. The zero-order chi connectivity index (χ0) is 15.4. The normalized spacial score (nSPS) is 10.3. The first-order valence-electron chi connectivity index (χ1n) is 6.38. The Balaban J connectivity index is 2.04. The minimum atomic E-state index is -0.269. The molecule has 3 nitrogen and oxygen atoms in total. The third kappa shape index (κ3) is 3.82. The van der Waals surface area contributed by atoms with Crippen LogP contribution in [-0.2, 0) is 6.54 Å². The molecule has 0 radical (unpaired) electrons. The van der Waals surface area contributed by atoms with Crippen LogP contribution in [0, 0.1) is 12.7 Å². The number of amides is 1. The van der Waals surface area contributed by atoms with Crippen molar-refractivity contribution in [3.63, 3.8) is 0 Å². The molecule has 110 valence electrons. The lowest BCUT2D eigenvalue weighted by molar-refractivity contribution is 0.0950. The SMILES string of the molecule is COc1ccc(C(=O)NCc2ccc(C)c(F)c2)cc1Br. The number of aryl methyl sites for hydroxylation is 1. The van der Waals surface area contributed by atoms with Gasteiger partial charge in [-0.25, -0.2) is 4.39 Å². The van der Waals surface area contributed by atoms with E-state index in [2.05, 4.69) is 21.2 Å². The van der Waals surface area contributed by atoms with Gasteiger partial charge in [-0.15, -0.1) is 0 Å². The molecule has 21 heavy (non-hydrogen) atoms. The average Bonchev–Trinajstić information content (AvgIpc) is 2.48.